The number of carbonyl (C=O) groups is 1. The number of para-hydroxylation sites is 1. The van der Waals surface area contributed by atoms with Gasteiger partial charge in [0.2, 0.25) is 0 Å². The van der Waals surface area contributed by atoms with E-state index in [1.165, 1.54) is 12.1 Å². The van der Waals surface area contributed by atoms with E-state index in [9.17, 15) is 26.4 Å². The molecule has 9 heteroatoms. The maximum atomic E-state index is 12.2. The summed E-state index contributed by atoms with van der Waals surface area (Å²) in [6.07, 6.45) is 0.319. The number of hydrogen-bond acceptors (Lipinski definition) is 5. The van der Waals surface area contributed by atoms with Crippen LogP contribution in [0.15, 0.2) is 18.2 Å². The molecule has 0 saturated heterocycles. The lowest BCUT2D eigenvalue weighted by Crippen LogP contribution is -2.28. The second kappa shape index (κ2) is 4.41. The maximum Gasteiger partial charge on any atom is 0.534 e. The van der Waals surface area contributed by atoms with Gasteiger partial charge in [0.25, 0.3) is 0 Å². The molecule has 104 valence electrons. The van der Waals surface area contributed by atoms with Gasteiger partial charge in [0.05, 0.1) is 6.42 Å². The summed E-state index contributed by atoms with van der Waals surface area (Å²) < 4.78 is 67.1. The fourth-order valence-corrected chi connectivity index (χ4v) is 1.97. The Hall–Kier alpha value is -1.77. The maximum absolute atomic E-state index is 12.2. The van der Waals surface area contributed by atoms with Crippen molar-refractivity contribution in [1.82, 2.24) is 0 Å². The molecule has 0 unspecified atom stereocenters. The Morgan fingerprint density at radius 2 is 1.89 bits per heavy atom. The Bertz CT molecular complexity index is 621. The third-order valence-corrected chi connectivity index (χ3v) is 3.32. The van der Waals surface area contributed by atoms with Crippen LogP contribution in [-0.4, -0.2) is 19.9 Å². The van der Waals surface area contributed by atoms with Gasteiger partial charge in [-0.1, -0.05) is 12.1 Å². The molecule has 1 aromatic carbocycles. The molecule has 0 bridgehead atoms. The minimum absolute atomic E-state index is 0.0719. The highest BCUT2D eigenvalue weighted by Gasteiger charge is 2.49. The van der Waals surface area contributed by atoms with Crippen molar-refractivity contribution in [3.05, 3.63) is 23.8 Å². The second-order valence-electron chi connectivity index (χ2n) is 3.70. The third-order valence-electron chi connectivity index (χ3n) is 2.36. The van der Waals surface area contributed by atoms with Crippen molar-refractivity contribution in [3.63, 3.8) is 0 Å². The van der Waals surface area contributed by atoms with Crippen molar-refractivity contribution in [2.24, 2.45) is 0 Å². The van der Waals surface area contributed by atoms with Crippen LogP contribution in [-0.2, 0) is 21.3 Å². The number of esters is 1. The molecule has 2 rings (SSSR count). The first kappa shape index (κ1) is 13.7. The average molecular weight is 296 g/mol. The zero-order chi connectivity index (χ0) is 14.3. The van der Waals surface area contributed by atoms with E-state index in [0.717, 1.165) is 6.07 Å². The SMILES string of the molecule is O=C1CCc2cccc(OS(=O)(=O)C(F)(F)F)c2O1. The van der Waals surface area contributed by atoms with E-state index in [0.29, 0.717) is 5.56 Å². The minimum atomic E-state index is -5.79. The van der Waals surface area contributed by atoms with E-state index in [4.69, 9.17) is 4.74 Å². The number of ether oxygens (including phenoxy) is 1. The summed E-state index contributed by atoms with van der Waals surface area (Å²) in [5, 5.41) is 0. The van der Waals surface area contributed by atoms with Crippen molar-refractivity contribution in [2.45, 2.75) is 18.3 Å². The molecule has 5 nitrogen and oxygen atoms in total. The molecule has 1 aromatic rings. The third kappa shape index (κ3) is 2.65. The minimum Gasteiger partial charge on any atom is -0.422 e. The summed E-state index contributed by atoms with van der Waals surface area (Å²) in [5.74, 6) is -1.59. The molecule has 0 aliphatic carbocycles. The number of fused-ring (bicyclic) bond motifs is 1. The molecule has 0 saturated carbocycles. The Morgan fingerprint density at radius 3 is 2.53 bits per heavy atom. The standard InChI is InChI=1S/C10H7F3O5S/c11-10(12,13)19(15,16)18-7-3-1-2-6-4-5-8(14)17-9(6)7/h1-3H,4-5H2. The molecule has 0 radical (unpaired) electrons. The number of aryl methyl sites for hydroxylation is 1. The van der Waals surface area contributed by atoms with E-state index < -0.39 is 27.3 Å². The quantitative estimate of drug-likeness (QED) is 0.360. The van der Waals surface area contributed by atoms with Crippen molar-refractivity contribution in [2.75, 3.05) is 0 Å². The van der Waals surface area contributed by atoms with Gasteiger partial charge in [0.1, 0.15) is 0 Å². The molecule has 0 fully saturated rings. The lowest BCUT2D eigenvalue weighted by molar-refractivity contribution is -0.135. The lowest BCUT2D eigenvalue weighted by atomic mass is 10.1. The molecule has 19 heavy (non-hydrogen) atoms. The van der Waals surface area contributed by atoms with Crippen molar-refractivity contribution in [1.29, 1.82) is 0 Å². The van der Waals surface area contributed by atoms with E-state index in [1.807, 2.05) is 0 Å². The van der Waals surface area contributed by atoms with E-state index in [-0.39, 0.29) is 18.6 Å². The van der Waals surface area contributed by atoms with Gasteiger partial charge in [-0.3, -0.25) is 4.79 Å². The van der Waals surface area contributed by atoms with E-state index >= 15 is 0 Å². The second-order valence-corrected chi connectivity index (χ2v) is 5.24. The molecule has 0 amide bonds. The molecular weight excluding hydrogens is 289 g/mol. The first-order valence-corrected chi connectivity index (χ1v) is 6.45. The van der Waals surface area contributed by atoms with Crippen molar-refractivity contribution >= 4 is 16.1 Å². The normalized spacial score (nSPS) is 15.6. The van der Waals surface area contributed by atoms with E-state index in [1.54, 1.807) is 0 Å². The summed E-state index contributed by atoms with van der Waals surface area (Å²) in [6.45, 7) is 0. The summed E-state index contributed by atoms with van der Waals surface area (Å²) in [4.78, 5) is 11.1. The Balaban J connectivity index is 2.40. The zero-order valence-corrected chi connectivity index (χ0v) is 10.0. The number of alkyl halides is 3. The van der Waals surface area contributed by atoms with Crippen LogP contribution in [0.25, 0.3) is 0 Å². The van der Waals surface area contributed by atoms with Gasteiger partial charge in [-0.25, -0.2) is 0 Å². The summed E-state index contributed by atoms with van der Waals surface area (Å²) in [7, 11) is -5.79. The van der Waals surface area contributed by atoms with Gasteiger partial charge in [0.15, 0.2) is 11.5 Å². The fourth-order valence-electron chi connectivity index (χ4n) is 1.51. The van der Waals surface area contributed by atoms with Crippen LogP contribution in [0.2, 0.25) is 0 Å². The van der Waals surface area contributed by atoms with Gasteiger partial charge in [-0.05, 0) is 18.1 Å². The number of benzene rings is 1. The summed E-state index contributed by atoms with van der Waals surface area (Å²) in [6, 6.07) is 3.81. The predicted molar refractivity (Wildman–Crippen MR) is 56.0 cm³/mol. The highest BCUT2D eigenvalue weighted by atomic mass is 32.2. The Morgan fingerprint density at radius 1 is 1.21 bits per heavy atom. The number of carbonyl (C=O) groups excluding carboxylic acids is 1. The summed E-state index contributed by atoms with van der Waals surface area (Å²) >= 11 is 0. The van der Waals surface area contributed by atoms with Gasteiger partial charge in [0, 0.05) is 0 Å². The highest BCUT2D eigenvalue weighted by molar-refractivity contribution is 7.88. The van der Waals surface area contributed by atoms with Crippen LogP contribution in [0, 0.1) is 0 Å². The highest BCUT2D eigenvalue weighted by Crippen LogP contribution is 2.38. The van der Waals surface area contributed by atoms with Gasteiger partial charge >= 0.3 is 21.6 Å². The predicted octanol–water partition coefficient (Wildman–Crippen LogP) is 1.77. The van der Waals surface area contributed by atoms with Crippen LogP contribution in [0.3, 0.4) is 0 Å². The van der Waals surface area contributed by atoms with E-state index in [2.05, 4.69) is 4.18 Å². The van der Waals surface area contributed by atoms with Crippen molar-refractivity contribution < 1.29 is 35.3 Å². The molecule has 1 heterocycles. The van der Waals surface area contributed by atoms with Crippen LogP contribution >= 0.6 is 0 Å². The van der Waals surface area contributed by atoms with Crippen molar-refractivity contribution in [3.8, 4) is 11.5 Å². The Labute approximate surface area is 106 Å². The fraction of sp³-hybridized carbons (Fsp3) is 0.300. The molecule has 1 aliphatic rings. The summed E-state index contributed by atoms with van der Waals surface area (Å²) in [5.41, 5.74) is -5.14. The van der Waals surface area contributed by atoms with Crippen LogP contribution in [0.1, 0.15) is 12.0 Å². The van der Waals surface area contributed by atoms with Crippen LogP contribution < -0.4 is 8.92 Å². The zero-order valence-electron chi connectivity index (χ0n) is 9.23. The Kier molecular flexibility index (Phi) is 3.17. The largest absolute Gasteiger partial charge is 0.534 e. The molecule has 0 aromatic heterocycles. The first-order chi connectivity index (χ1) is 8.71. The molecule has 0 spiro atoms. The van der Waals surface area contributed by atoms with Crippen LogP contribution in [0.5, 0.6) is 11.5 Å². The topological polar surface area (TPSA) is 69.7 Å². The number of rotatable bonds is 2. The van der Waals surface area contributed by atoms with Gasteiger partial charge < -0.3 is 8.92 Å². The van der Waals surface area contributed by atoms with Gasteiger partial charge in [-0.2, -0.15) is 21.6 Å². The average Bonchev–Trinajstić information content (AvgIpc) is 2.28. The molecular formula is C10H7F3O5S. The first-order valence-electron chi connectivity index (χ1n) is 5.04. The number of hydrogen-bond donors (Lipinski definition) is 0. The monoisotopic (exact) mass is 296 g/mol. The smallest absolute Gasteiger partial charge is 0.422 e. The van der Waals surface area contributed by atoms with Crippen LogP contribution in [0.4, 0.5) is 13.2 Å². The number of halogens is 3. The van der Waals surface area contributed by atoms with Gasteiger partial charge in [-0.15, -0.1) is 0 Å². The molecule has 0 N–H and O–H groups in total. The molecule has 0 atom stereocenters. The lowest BCUT2D eigenvalue weighted by Gasteiger charge is -2.18. The molecule has 1 aliphatic heterocycles.